The van der Waals surface area contributed by atoms with Crippen molar-refractivity contribution in [2.75, 3.05) is 19.6 Å². The van der Waals surface area contributed by atoms with Crippen molar-refractivity contribution >= 4 is 11.6 Å². The Kier molecular flexibility index (Phi) is 6.09. The maximum absolute atomic E-state index is 6.31. The highest BCUT2D eigenvalue weighted by atomic mass is 35.5. The molecular weight excluding hydrogens is 280 g/mol. The van der Waals surface area contributed by atoms with Crippen LogP contribution in [0, 0.1) is 5.41 Å². The summed E-state index contributed by atoms with van der Waals surface area (Å²) in [5.74, 6) is 0. The first-order chi connectivity index (χ1) is 10.1. The average Bonchev–Trinajstić information content (AvgIpc) is 2.53. The largest absolute Gasteiger partial charge is 0.324 e. The van der Waals surface area contributed by atoms with Gasteiger partial charge in [0.1, 0.15) is 0 Å². The lowest BCUT2D eigenvalue weighted by Crippen LogP contribution is -2.40. The molecule has 2 nitrogen and oxygen atoms in total. The number of nitrogens with two attached hydrogens (primary N) is 1. The zero-order chi connectivity index (χ0) is 15.3. The second-order valence-corrected chi connectivity index (χ2v) is 6.87. The Morgan fingerprint density at radius 3 is 2.38 bits per heavy atom. The molecule has 0 bridgehead atoms. The third kappa shape index (κ3) is 4.21. The van der Waals surface area contributed by atoms with E-state index in [0.29, 0.717) is 5.41 Å². The summed E-state index contributed by atoms with van der Waals surface area (Å²) in [4.78, 5) is 2.57. The topological polar surface area (TPSA) is 29.3 Å². The molecule has 118 valence electrons. The van der Waals surface area contributed by atoms with E-state index in [0.717, 1.165) is 23.6 Å². The molecule has 0 radical (unpaired) electrons. The fourth-order valence-corrected chi connectivity index (χ4v) is 3.74. The number of benzene rings is 1. The fourth-order valence-electron chi connectivity index (χ4n) is 3.46. The van der Waals surface area contributed by atoms with Gasteiger partial charge in [-0.3, -0.25) is 0 Å². The quantitative estimate of drug-likeness (QED) is 0.830. The van der Waals surface area contributed by atoms with Gasteiger partial charge in [-0.25, -0.2) is 0 Å². The smallest absolute Gasteiger partial charge is 0.0453 e. The second-order valence-electron chi connectivity index (χ2n) is 6.47. The Morgan fingerprint density at radius 2 is 1.81 bits per heavy atom. The number of hydrogen-bond acceptors (Lipinski definition) is 2. The molecule has 2 rings (SSSR count). The molecule has 2 N–H and O–H groups in total. The van der Waals surface area contributed by atoms with Gasteiger partial charge >= 0.3 is 0 Å². The third-order valence-corrected chi connectivity index (χ3v) is 5.82. The van der Waals surface area contributed by atoms with Crippen molar-refractivity contribution in [3.05, 3.63) is 34.9 Å². The molecule has 0 saturated carbocycles. The number of likely N-dealkylation sites (tertiary alicyclic amines) is 1. The van der Waals surface area contributed by atoms with Gasteiger partial charge in [0.25, 0.3) is 0 Å². The lowest BCUT2D eigenvalue weighted by atomic mass is 9.74. The Balaban J connectivity index is 1.81. The number of nitrogens with zero attached hydrogens (tertiary/aromatic N) is 1. The van der Waals surface area contributed by atoms with Crippen LogP contribution in [0.25, 0.3) is 0 Å². The minimum atomic E-state index is 0.0442. The first-order valence-electron chi connectivity index (χ1n) is 8.32. The predicted molar refractivity (Wildman–Crippen MR) is 91.7 cm³/mol. The highest BCUT2D eigenvalue weighted by Crippen LogP contribution is 2.38. The van der Waals surface area contributed by atoms with Crippen LogP contribution in [0.5, 0.6) is 0 Å². The van der Waals surface area contributed by atoms with E-state index in [-0.39, 0.29) is 6.04 Å². The monoisotopic (exact) mass is 308 g/mol. The molecule has 3 heteroatoms. The molecule has 1 heterocycles. The van der Waals surface area contributed by atoms with E-state index >= 15 is 0 Å². The number of rotatable bonds is 6. The SMILES string of the molecule is CCC1(CC)CCN(CCC(N)c2ccccc2Cl)CC1. The number of halogens is 1. The van der Waals surface area contributed by atoms with Crippen LogP contribution in [0.15, 0.2) is 24.3 Å². The van der Waals surface area contributed by atoms with Gasteiger partial charge in [0.15, 0.2) is 0 Å². The molecule has 1 aliphatic heterocycles. The summed E-state index contributed by atoms with van der Waals surface area (Å²) in [5, 5.41) is 0.791. The molecule has 0 spiro atoms. The van der Waals surface area contributed by atoms with Gasteiger partial charge in [0.05, 0.1) is 0 Å². The number of piperidine rings is 1. The number of hydrogen-bond donors (Lipinski definition) is 1. The van der Waals surface area contributed by atoms with Gasteiger partial charge in [-0.05, 0) is 55.9 Å². The third-order valence-electron chi connectivity index (χ3n) is 5.48. The van der Waals surface area contributed by atoms with Gasteiger partial charge in [-0.2, -0.15) is 0 Å². The van der Waals surface area contributed by atoms with E-state index in [1.807, 2.05) is 24.3 Å². The summed E-state index contributed by atoms with van der Waals surface area (Å²) in [5.41, 5.74) is 7.98. The van der Waals surface area contributed by atoms with Crippen molar-refractivity contribution in [2.45, 2.75) is 52.0 Å². The van der Waals surface area contributed by atoms with Gasteiger partial charge in [0.2, 0.25) is 0 Å². The highest BCUT2D eigenvalue weighted by Gasteiger charge is 2.31. The molecule has 1 aromatic rings. The molecule has 1 aliphatic rings. The minimum absolute atomic E-state index is 0.0442. The predicted octanol–water partition coefficient (Wildman–Crippen LogP) is 4.63. The van der Waals surface area contributed by atoms with Crippen LogP contribution in [0.3, 0.4) is 0 Å². The van der Waals surface area contributed by atoms with Crippen molar-refractivity contribution in [1.29, 1.82) is 0 Å². The first-order valence-corrected chi connectivity index (χ1v) is 8.70. The molecule has 1 aromatic carbocycles. The molecule has 1 unspecified atom stereocenters. The van der Waals surface area contributed by atoms with E-state index in [2.05, 4.69) is 18.7 Å². The maximum atomic E-state index is 6.31. The Morgan fingerprint density at radius 1 is 1.19 bits per heavy atom. The molecule has 1 fully saturated rings. The van der Waals surface area contributed by atoms with Crippen LogP contribution in [0.1, 0.15) is 57.6 Å². The van der Waals surface area contributed by atoms with Crippen molar-refractivity contribution in [3.8, 4) is 0 Å². The van der Waals surface area contributed by atoms with Crippen LogP contribution in [0.4, 0.5) is 0 Å². The maximum Gasteiger partial charge on any atom is 0.0453 e. The summed E-state index contributed by atoms with van der Waals surface area (Å²) in [6, 6.07) is 7.98. The van der Waals surface area contributed by atoms with Gasteiger partial charge in [-0.15, -0.1) is 0 Å². The van der Waals surface area contributed by atoms with Crippen LogP contribution in [-0.2, 0) is 0 Å². The lowest BCUT2D eigenvalue weighted by Gasteiger charge is -2.41. The van der Waals surface area contributed by atoms with Crippen LogP contribution < -0.4 is 5.73 Å². The fraction of sp³-hybridized carbons (Fsp3) is 0.667. The Bertz CT molecular complexity index is 433. The van der Waals surface area contributed by atoms with Crippen molar-refractivity contribution in [3.63, 3.8) is 0 Å². The van der Waals surface area contributed by atoms with E-state index in [4.69, 9.17) is 17.3 Å². The molecular formula is C18H29ClN2. The van der Waals surface area contributed by atoms with Crippen LogP contribution in [0.2, 0.25) is 5.02 Å². The van der Waals surface area contributed by atoms with Crippen molar-refractivity contribution < 1.29 is 0 Å². The summed E-state index contributed by atoms with van der Waals surface area (Å²) in [6.07, 6.45) is 6.28. The van der Waals surface area contributed by atoms with Crippen LogP contribution >= 0.6 is 11.6 Å². The summed E-state index contributed by atoms with van der Waals surface area (Å²) >= 11 is 6.22. The highest BCUT2D eigenvalue weighted by molar-refractivity contribution is 6.31. The second kappa shape index (κ2) is 7.62. The summed E-state index contributed by atoms with van der Waals surface area (Å²) < 4.78 is 0. The van der Waals surface area contributed by atoms with Gasteiger partial charge < -0.3 is 10.6 Å². The van der Waals surface area contributed by atoms with E-state index in [1.54, 1.807) is 0 Å². The molecule has 1 saturated heterocycles. The Hall–Kier alpha value is -0.570. The van der Waals surface area contributed by atoms with Crippen molar-refractivity contribution in [2.24, 2.45) is 11.1 Å². The average molecular weight is 309 g/mol. The minimum Gasteiger partial charge on any atom is -0.324 e. The first kappa shape index (κ1) is 16.8. The molecule has 21 heavy (non-hydrogen) atoms. The molecule has 1 atom stereocenters. The standard InChI is InChI=1S/C18H29ClN2/c1-3-18(4-2)10-13-21(14-11-18)12-9-17(20)15-7-5-6-8-16(15)19/h5-8,17H,3-4,9-14,20H2,1-2H3. The van der Waals surface area contributed by atoms with Gasteiger partial charge in [-0.1, -0.05) is 56.5 Å². The summed E-state index contributed by atoms with van der Waals surface area (Å²) in [6.45, 7) is 8.20. The molecule has 0 aromatic heterocycles. The zero-order valence-corrected chi connectivity index (χ0v) is 14.2. The zero-order valence-electron chi connectivity index (χ0n) is 13.4. The Labute approximate surface area is 134 Å². The van der Waals surface area contributed by atoms with E-state index < -0.39 is 0 Å². The summed E-state index contributed by atoms with van der Waals surface area (Å²) in [7, 11) is 0. The lowest BCUT2D eigenvalue weighted by molar-refractivity contribution is 0.0934. The molecule has 0 amide bonds. The van der Waals surface area contributed by atoms with Crippen molar-refractivity contribution in [1.82, 2.24) is 4.90 Å². The molecule has 0 aliphatic carbocycles. The van der Waals surface area contributed by atoms with Crippen LogP contribution in [-0.4, -0.2) is 24.5 Å². The van der Waals surface area contributed by atoms with E-state index in [1.165, 1.54) is 38.8 Å². The normalized spacial score (nSPS) is 20.4. The van der Waals surface area contributed by atoms with Gasteiger partial charge in [0, 0.05) is 11.1 Å². The van der Waals surface area contributed by atoms with E-state index in [9.17, 15) is 0 Å².